The Balaban J connectivity index is 1.62. The summed E-state index contributed by atoms with van der Waals surface area (Å²) in [7, 11) is 1.60. The summed E-state index contributed by atoms with van der Waals surface area (Å²) < 4.78 is 11.2. The maximum atomic E-state index is 6.34. The molecule has 2 aromatic carbocycles. The predicted octanol–water partition coefficient (Wildman–Crippen LogP) is 3.42. The standard InChI is InChI=1S/C20H20N4O2/c1-25-16-8-4-5-9-17(16)26-20-18(21)19(22-13-23-20)24-11-10-14-6-2-3-7-15(14)12-24/h2-9,13H,10-12,21H2,1H3. The van der Waals surface area contributed by atoms with Crippen LogP contribution in [0.15, 0.2) is 54.9 Å². The van der Waals surface area contributed by atoms with E-state index in [0.717, 1.165) is 19.5 Å². The fourth-order valence-electron chi connectivity index (χ4n) is 3.19. The fraction of sp³-hybridized carbons (Fsp3) is 0.200. The summed E-state index contributed by atoms with van der Waals surface area (Å²) in [6, 6.07) is 15.8. The van der Waals surface area contributed by atoms with Crippen molar-refractivity contribution in [2.24, 2.45) is 0 Å². The van der Waals surface area contributed by atoms with Crippen LogP contribution in [0.2, 0.25) is 0 Å². The number of hydrogen-bond donors (Lipinski definition) is 1. The second-order valence-corrected chi connectivity index (χ2v) is 6.11. The molecular weight excluding hydrogens is 328 g/mol. The predicted molar refractivity (Wildman–Crippen MR) is 101 cm³/mol. The van der Waals surface area contributed by atoms with E-state index in [1.54, 1.807) is 7.11 Å². The average molecular weight is 348 g/mol. The summed E-state index contributed by atoms with van der Waals surface area (Å²) in [5.41, 5.74) is 9.44. The SMILES string of the molecule is COc1ccccc1Oc1ncnc(N2CCc3ccccc3C2)c1N. The van der Waals surface area contributed by atoms with Crippen LogP contribution in [0.3, 0.4) is 0 Å². The molecule has 26 heavy (non-hydrogen) atoms. The molecule has 0 radical (unpaired) electrons. The molecule has 6 nitrogen and oxygen atoms in total. The Morgan fingerprint density at radius 2 is 1.69 bits per heavy atom. The molecule has 0 atom stereocenters. The maximum Gasteiger partial charge on any atom is 0.248 e. The monoisotopic (exact) mass is 348 g/mol. The van der Waals surface area contributed by atoms with Crippen LogP contribution in [0, 0.1) is 0 Å². The Morgan fingerprint density at radius 1 is 0.962 bits per heavy atom. The number of nitrogens with two attached hydrogens (primary N) is 1. The van der Waals surface area contributed by atoms with Gasteiger partial charge in [-0.15, -0.1) is 0 Å². The number of ether oxygens (including phenoxy) is 2. The summed E-state index contributed by atoms with van der Waals surface area (Å²) in [6.45, 7) is 1.62. The van der Waals surface area contributed by atoms with Crippen molar-refractivity contribution < 1.29 is 9.47 Å². The van der Waals surface area contributed by atoms with Crippen LogP contribution in [-0.2, 0) is 13.0 Å². The lowest BCUT2D eigenvalue weighted by atomic mass is 10.00. The molecule has 0 amide bonds. The lowest BCUT2D eigenvalue weighted by Gasteiger charge is -2.30. The number of benzene rings is 2. The number of para-hydroxylation sites is 2. The molecule has 2 N–H and O–H groups in total. The molecule has 0 saturated heterocycles. The molecule has 2 heterocycles. The van der Waals surface area contributed by atoms with Crippen molar-refractivity contribution in [3.8, 4) is 17.4 Å². The summed E-state index contributed by atoms with van der Waals surface area (Å²) in [4.78, 5) is 10.8. The zero-order valence-electron chi connectivity index (χ0n) is 14.6. The molecule has 1 aromatic heterocycles. The van der Waals surface area contributed by atoms with Gasteiger partial charge in [0, 0.05) is 13.1 Å². The molecule has 4 rings (SSSR count). The van der Waals surface area contributed by atoms with Crippen LogP contribution >= 0.6 is 0 Å². The number of anilines is 2. The molecule has 0 unspecified atom stereocenters. The Bertz CT molecular complexity index is 929. The normalized spacial score (nSPS) is 13.2. The number of rotatable bonds is 4. The molecule has 3 aromatic rings. The van der Waals surface area contributed by atoms with Crippen molar-refractivity contribution in [1.29, 1.82) is 0 Å². The second-order valence-electron chi connectivity index (χ2n) is 6.11. The zero-order valence-corrected chi connectivity index (χ0v) is 14.6. The van der Waals surface area contributed by atoms with E-state index in [0.29, 0.717) is 28.9 Å². The van der Waals surface area contributed by atoms with Gasteiger partial charge >= 0.3 is 0 Å². The highest BCUT2D eigenvalue weighted by molar-refractivity contribution is 5.69. The Hall–Kier alpha value is -3.28. The molecule has 1 aliphatic heterocycles. The van der Waals surface area contributed by atoms with Crippen LogP contribution < -0.4 is 20.1 Å². The average Bonchev–Trinajstić information content (AvgIpc) is 2.69. The number of nitrogen functional groups attached to an aromatic ring is 1. The van der Waals surface area contributed by atoms with Crippen molar-refractivity contribution in [3.63, 3.8) is 0 Å². The molecule has 6 heteroatoms. The van der Waals surface area contributed by atoms with Gasteiger partial charge in [-0.05, 0) is 29.7 Å². The quantitative estimate of drug-likeness (QED) is 0.779. The van der Waals surface area contributed by atoms with Gasteiger partial charge in [-0.1, -0.05) is 36.4 Å². The zero-order chi connectivity index (χ0) is 17.9. The highest BCUT2D eigenvalue weighted by Gasteiger charge is 2.21. The summed E-state index contributed by atoms with van der Waals surface area (Å²) in [6.07, 6.45) is 2.44. The third kappa shape index (κ3) is 3.01. The van der Waals surface area contributed by atoms with Gasteiger partial charge in [-0.25, -0.2) is 4.98 Å². The minimum atomic E-state index is 0.332. The third-order valence-electron chi connectivity index (χ3n) is 4.53. The number of hydrogen-bond acceptors (Lipinski definition) is 6. The lowest BCUT2D eigenvalue weighted by molar-refractivity contribution is 0.374. The third-order valence-corrected chi connectivity index (χ3v) is 4.53. The molecule has 0 spiro atoms. The molecule has 0 aliphatic carbocycles. The highest BCUT2D eigenvalue weighted by Crippen LogP contribution is 2.36. The number of methoxy groups -OCH3 is 1. The van der Waals surface area contributed by atoms with Crippen LogP contribution in [0.1, 0.15) is 11.1 Å². The van der Waals surface area contributed by atoms with Crippen LogP contribution in [-0.4, -0.2) is 23.6 Å². The van der Waals surface area contributed by atoms with Crippen molar-refractivity contribution in [2.75, 3.05) is 24.3 Å². The number of nitrogens with zero attached hydrogens (tertiary/aromatic N) is 3. The van der Waals surface area contributed by atoms with E-state index in [2.05, 4.69) is 39.1 Å². The first-order chi connectivity index (χ1) is 12.8. The van der Waals surface area contributed by atoms with E-state index < -0.39 is 0 Å². The van der Waals surface area contributed by atoms with E-state index in [1.807, 2.05) is 24.3 Å². The summed E-state index contributed by atoms with van der Waals surface area (Å²) in [5, 5.41) is 0. The lowest BCUT2D eigenvalue weighted by Crippen LogP contribution is -2.31. The van der Waals surface area contributed by atoms with Crippen molar-refractivity contribution >= 4 is 11.5 Å². The van der Waals surface area contributed by atoms with Crippen molar-refractivity contribution in [1.82, 2.24) is 9.97 Å². The maximum absolute atomic E-state index is 6.34. The fourth-order valence-corrected chi connectivity index (χ4v) is 3.19. The minimum Gasteiger partial charge on any atom is -0.493 e. The highest BCUT2D eigenvalue weighted by atomic mass is 16.5. The van der Waals surface area contributed by atoms with Gasteiger partial charge in [0.2, 0.25) is 5.88 Å². The Labute approximate surface area is 152 Å². The van der Waals surface area contributed by atoms with Gasteiger partial charge in [0.05, 0.1) is 7.11 Å². The summed E-state index contributed by atoms with van der Waals surface area (Å²) >= 11 is 0. The van der Waals surface area contributed by atoms with E-state index in [1.165, 1.54) is 17.5 Å². The molecule has 0 saturated carbocycles. The molecule has 0 fully saturated rings. The first-order valence-electron chi connectivity index (χ1n) is 8.49. The van der Waals surface area contributed by atoms with Crippen LogP contribution in [0.5, 0.6) is 17.4 Å². The smallest absolute Gasteiger partial charge is 0.248 e. The van der Waals surface area contributed by atoms with E-state index in [-0.39, 0.29) is 0 Å². The topological polar surface area (TPSA) is 73.5 Å². The first-order valence-corrected chi connectivity index (χ1v) is 8.49. The van der Waals surface area contributed by atoms with Crippen LogP contribution in [0.4, 0.5) is 11.5 Å². The van der Waals surface area contributed by atoms with Gasteiger partial charge in [0.1, 0.15) is 12.0 Å². The van der Waals surface area contributed by atoms with E-state index in [4.69, 9.17) is 15.2 Å². The molecule has 0 bridgehead atoms. The van der Waals surface area contributed by atoms with Gasteiger partial charge < -0.3 is 20.1 Å². The minimum absolute atomic E-state index is 0.332. The molecule has 1 aliphatic rings. The molecule has 132 valence electrons. The van der Waals surface area contributed by atoms with Gasteiger partial charge in [-0.2, -0.15) is 4.98 Å². The Kier molecular flexibility index (Phi) is 4.31. The van der Waals surface area contributed by atoms with E-state index >= 15 is 0 Å². The van der Waals surface area contributed by atoms with Gasteiger partial charge in [0.15, 0.2) is 17.3 Å². The van der Waals surface area contributed by atoms with Gasteiger partial charge in [0.25, 0.3) is 0 Å². The number of aromatic nitrogens is 2. The number of fused-ring (bicyclic) bond motifs is 1. The van der Waals surface area contributed by atoms with Gasteiger partial charge in [-0.3, -0.25) is 0 Å². The first kappa shape index (κ1) is 16.2. The summed E-state index contributed by atoms with van der Waals surface area (Å²) in [5.74, 6) is 2.21. The van der Waals surface area contributed by atoms with Crippen molar-refractivity contribution in [2.45, 2.75) is 13.0 Å². The Morgan fingerprint density at radius 3 is 2.50 bits per heavy atom. The largest absolute Gasteiger partial charge is 0.493 e. The van der Waals surface area contributed by atoms with Crippen LogP contribution in [0.25, 0.3) is 0 Å². The molecular formula is C20H20N4O2. The van der Waals surface area contributed by atoms with E-state index in [9.17, 15) is 0 Å². The van der Waals surface area contributed by atoms with Crippen molar-refractivity contribution in [3.05, 3.63) is 66.0 Å². The second kappa shape index (κ2) is 6.92.